The lowest BCUT2D eigenvalue weighted by Gasteiger charge is -2.16. The standard InChI is InChI=1S/C17H27N7O2S/c1-6-13-23-20-10-24(13)9-8-19-17(18-5)22-12(4)15-21-11(3)14(27-15)16(25)26-7-2/h10,12H,6-9H2,1-5H3,(H2,18,19,22). The number of carbonyl (C=O) groups is 1. The van der Waals surface area contributed by atoms with Gasteiger partial charge in [0.05, 0.1) is 18.3 Å². The van der Waals surface area contributed by atoms with Gasteiger partial charge in [-0.05, 0) is 20.8 Å². The second-order valence-corrected chi connectivity index (χ2v) is 6.88. The highest BCUT2D eigenvalue weighted by Crippen LogP contribution is 2.24. The third-order valence-corrected chi connectivity index (χ3v) is 5.20. The predicted octanol–water partition coefficient (Wildman–Crippen LogP) is 1.71. The number of guanidine groups is 1. The zero-order valence-corrected chi connectivity index (χ0v) is 17.3. The molecule has 0 saturated heterocycles. The Hall–Kier alpha value is -2.49. The molecule has 10 heteroatoms. The number of hydrogen-bond acceptors (Lipinski definition) is 7. The summed E-state index contributed by atoms with van der Waals surface area (Å²) >= 11 is 1.34. The molecule has 1 unspecified atom stereocenters. The van der Waals surface area contributed by atoms with E-state index in [4.69, 9.17) is 4.74 Å². The van der Waals surface area contributed by atoms with Crippen LogP contribution >= 0.6 is 11.3 Å². The number of hydrogen-bond donors (Lipinski definition) is 2. The lowest BCUT2D eigenvalue weighted by Crippen LogP contribution is -2.40. The lowest BCUT2D eigenvalue weighted by atomic mass is 10.3. The van der Waals surface area contributed by atoms with Crippen LogP contribution in [-0.2, 0) is 17.7 Å². The number of ether oxygens (including phenoxy) is 1. The summed E-state index contributed by atoms with van der Waals surface area (Å²) in [6.45, 7) is 9.42. The zero-order chi connectivity index (χ0) is 19.8. The second kappa shape index (κ2) is 10.0. The monoisotopic (exact) mass is 393 g/mol. The summed E-state index contributed by atoms with van der Waals surface area (Å²) in [4.78, 5) is 21.3. The van der Waals surface area contributed by atoms with Gasteiger partial charge in [-0.2, -0.15) is 0 Å². The minimum Gasteiger partial charge on any atom is -0.462 e. The fourth-order valence-electron chi connectivity index (χ4n) is 2.48. The molecule has 0 bridgehead atoms. The molecule has 1 atom stereocenters. The normalized spacial score (nSPS) is 12.7. The molecule has 2 rings (SSSR count). The van der Waals surface area contributed by atoms with E-state index in [-0.39, 0.29) is 12.0 Å². The topological polar surface area (TPSA) is 106 Å². The molecule has 27 heavy (non-hydrogen) atoms. The Labute approximate surface area is 163 Å². The Kier molecular flexibility index (Phi) is 7.71. The molecule has 2 N–H and O–H groups in total. The van der Waals surface area contributed by atoms with Crippen LogP contribution in [-0.4, -0.2) is 51.9 Å². The predicted molar refractivity (Wildman–Crippen MR) is 105 cm³/mol. The van der Waals surface area contributed by atoms with Gasteiger partial charge in [-0.3, -0.25) is 4.99 Å². The van der Waals surface area contributed by atoms with Crippen molar-refractivity contribution in [2.75, 3.05) is 20.2 Å². The quantitative estimate of drug-likeness (QED) is 0.399. The van der Waals surface area contributed by atoms with Crippen molar-refractivity contribution in [1.82, 2.24) is 30.4 Å². The molecule has 0 amide bonds. The molecule has 0 fully saturated rings. The fraction of sp³-hybridized carbons (Fsp3) is 0.588. The van der Waals surface area contributed by atoms with Crippen LogP contribution in [0.1, 0.15) is 53.0 Å². The van der Waals surface area contributed by atoms with E-state index in [1.165, 1.54) is 11.3 Å². The van der Waals surface area contributed by atoms with E-state index in [0.29, 0.717) is 29.7 Å². The molecular weight excluding hydrogens is 366 g/mol. The number of aryl methyl sites for hydroxylation is 2. The number of thiazole rings is 1. The summed E-state index contributed by atoms with van der Waals surface area (Å²) in [7, 11) is 1.72. The Bertz CT molecular complexity index is 784. The zero-order valence-electron chi connectivity index (χ0n) is 16.4. The molecule has 0 radical (unpaired) electrons. The first-order valence-corrected chi connectivity index (χ1v) is 9.80. The average molecular weight is 394 g/mol. The fourth-order valence-corrected chi connectivity index (χ4v) is 3.45. The Morgan fingerprint density at radius 2 is 2.22 bits per heavy atom. The van der Waals surface area contributed by atoms with Crippen molar-refractivity contribution in [1.29, 1.82) is 0 Å². The van der Waals surface area contributed by atoms with Gasteiger partial charge in [0, 0.05) is 26.6 Å². The van der Waals surface area contributed by atoms with Crippen molar-refractivity contribution >= 4 is 23.3 Å². The highest BCUT2D eigenvalue weighted by atomic mass is 32.1. The van der Waals surface area contributed by atoms with E-state index in [1.54, 1.807) is 20.3 Å². The maximum absolute atomic E-state index is 12.0. The van der Waals surface area contributed by atoms with Gasteiger partial charge in [0.2, 0.25) is 0 Å². The third-order valence-electron chi connectivity index (χ3n) is 3.88. The molecule has 148 valence electrons. The van der Waals surface area contributed by atoms with E-state index < -0.39 is 0 Å². The summed E-state index contributed by atoms with van der Waals surface area (Å²) in [6.07, 6.45) is 2.57. The van der Waals surface area contributed by atoms with E-state index >= 15 is 0 Å². The van der Waals surface area contributed by atoms with Crippen LogP contribution in [0.15, 0.2) is 11.3 Å². The number of aromatic nitrogens is 4. The van der Waals surface area contributed by atoms with Gasteiger partial charge < -0.3 is 19.9 Å². The van der Waals surface area contributed by atoms with Crippen LogP contribution < -0.4 is 10.6 Å². The minimum absolute atomic E-state index is 0.0933. The Morgan fingerprint density at radius 1 is 1.44 bits per heavy atom. The van der Waals surface area contributed by atoms with Gasteiger partial charge >= 0.3 is 5.97 Å². The first-order chi connectivity index (χ1) is 13.0. The summed E-state index contributed by atoms with van der Waals surface area (Å²) in [6, 6.07) is -0.0933. The average Bonchev–Trinajstić information content (AvgIpc) is 3.27. The van der Waals surface area contributed by atoms with Crippen molar-refractivity contribution in [2.24, 2.45) is 4.99 Å². The highest BCUT2D eigenvalue weighted by molar-refractivity contribution is 7.13. The molecule has 2 aromatic rings. The van der Waals surface area contributed by atoms with Crippen LogP contribution in [0, 0.1) is 6.92 Å². The number of aliphatic imine (C=N–C) groups is 1. The molecule has 0 aliphatic carbocycles. The van der Waals surface area contributed by atoms with E-state index in [0.717, 1.165) is 23.8 Å². The number of nitrogens with one attached hydrogen (secondary N) is 2. The maximum atomic E-state index is 12.0. The lowest BCUT2D eigenvalue weighted by molar-refractivity contribution is 0.0531. The highest BCUT2D eigenvalue weighted by Gasteiger charge is 2.20. The second-order valence-electron chi connectivity index (χ2n) is 5.85. The molecule has 0 saturated carbocycles. The van der Waals surface area contributed by atoms with Gasteiger partial charge in [-0.1, -0.05) is 6.92 Å². The summed E-state index contributed by atoms with van der Waals surface area (Å²) in [5.41, 5.74) is 0.685. The molecule has 0 aliphatic heterocycles. The van der Waals surface area contributed by atoms with Gasteiger partial charge in [0.25, 0.3) is 0 Å². The molecule has 9 nitrogen and oxygen atoms in total. The van der Waals surface area contributed by atoms with Crippen molar-refractivity contribution in [3.63, 3.8) is 0 Å². The van der Waals surface area contributed by atoms with Gasteiger partial charge in [0.15, 0.2) is 5.96 Å². The SMILES string of the molecule is CCOC(=O)c1sc(C(C)NC(=NC)NCCn2cnnc2CC)nc1C. The molecule has 2 heterocycles. The number of esters is 1. The summed E-state index contributed by atoms with van der Waals surface area (Å²) in [5.74, 6) is 1.30. The van der Waals surface area contributed by atoms with Gasteiger partial charge in [-0.25, -0.2) is 9.78 Å². The molecule has 0 aromatic carbocycles. The van der Waals surface area contributed by atoms with Crippen LogP contribution in [0.4, 0.5) is 0 Å². The Balaban J connectivity index is 1.92. The van der Waals surface area contributed by atoms with Crippen molar-refractivity contribution in [3.05, 3.63) is 27.7 Å². The van der Waals surface area contributed by atoms with Crippen LogP contribution in [0.5, 0.6) is 0 Å². The maximum Gasteiger partial charge on any atom is 0.350 e. The minimum atomic E-state index is -0.325. The van der Waals surface area contributed by atoms with E-state index in [9.17, 15) is 4.79 Å². The van der Waals surface area contributed by atoms with Crippen LogP contribution in [0.2, 0.25) is 0 Å². The Morgan fingerprint density at radius 3 is 2.89 bits per heavy atom. The number of rotatable bonds is 8. The van der Waals surface area contributed by atoms with Crippen molar-refractivity contribution in [3.8, 4) is 0 Å². The first kappa shape index (κ1) is 20.8. The van der Waals surface area contributed by atoms with Crippen LogP contribution in [0.3, 0.4) is 0 Å². The smallest absolute Gasteiger partial charge is 0.350 e. The first-order valence-electron chi connectivity index (χ1n) is 8.98. The molecular formula is C17H27N7O2S. The number of nitrogens with zero attached hydrogens (tertiary/aromatic N) is 5. The van der Waals surface area contributed by atoms with Crippen LogP contribution in [0.25, 0.3) is 0 Å². The molecule has 2 aromatic heterocycles. The number of carbonyl (C=O) groups excluding carboxylic acids is 1. The van der Waals surface area contributed by atoms with Gasteiger partial charge in [-0.15, -0.1) is 21.5 Å². The molecule has 0 spiro atoms. The van der Waals surface area contributed by atoms with E-state index in [1.807, 2.05) is 18.4 Å². The summed E-state index contributed by atoms with van der Waals surface area (Å²) < 4.78 is 7.09. The summed E-state index contributed by atoms with van der Waals surface area (Å²) in [5, 5.41) is 15.4. The van der Waals surface area contributed by atoms with Crippen molar-refractivity contribution < 1.29 is 9.53 Å². The third kappa shape index (κ3) is 5.49. The van der Waals surface area contributed by atoms with E-state index in [2.05, 4.69) is 37.7 Å². The largest absolute Gasteiger partial charge is 0.462 e. The van der Waals surface area contributed by atoms with Crippen molar-refractivity contribution in [2.45, 2.75) is 46.7 Å². The molecule has 0 aliphatic rings. The van der Waals surface area contributed by atoms with Gasteiger partial charge in [0.1, 0.15) is 22.0 Å².